The van der Waals surface area contributed by atoms with Crippen LogP contribution in [0, 0.1) is 0 Å². The van der Waals surface area contributed by atoms with Gasteiger partial charge in [-0.2, -0.15) is 0 Å². The lowest BCUT2D eigenvalue weighted by Gasteiger charge is -1.92. The van der Waals surface area contributed by atoms with Gasteiger partial charge in [0.2, 0.25) is 0 Å². The Kier molecular flexibility index (Phi) is 185. The molecule has 9 heteroatoms. The van der Waals surface area contributed by atoms with E-state index in [1.54, 1.807) is 26.3 Å². The summed E-state index contributed by atoms with van der Waals surface area (Å²) in [6.07, 6.45) is 12.0. The van der Waals surface area contributed by atoms with Crippen LogP contribution in [0.3, 0.4) is 0 Å². The van der Waals surface area contributed by atoms with Gasteiger partial charge in [0, 0.05) is 26.8 Å². The molecule has 0 amide bonds. The maximum atomic E-state index is 7.88. The van der Waals surface area contributed by atoms with Crippen LogP contribution >= 0.6 is 0 Å². The monoisotopic (exact) mass is 585 g/mol. The number of aliphatic hydroxyl groups is 2. The Morgan fingerprint density at radius 1 is 0.575 bits per heavy atom. The molecule has 0 spiro atoms. The van der Waals surface area contributed by atoms with Crippen molar-refractivity contribution in [2.45, 2.75) is 74.1 Å². The molecule has 0 rings (SSSR count). The predicted octanol–water partition coefficient (Wildman–Crippen LogP) is 4.37. The normalized spacial score (nSPS) is 7.90. The average Bonchev–Trinajstić information content (AvgIpc) is 3.02. The molecule has 0 aliphatic heterocycles. The van der Waals surface area contributed by atoms with E-state index in [0.29, 0.717) is 13.3 Å². The molecule has 0 radical (unpaired) electrons. The van der Waals surface area contributed by atoms with Crippen molar-refractivity contribution < 1.29 is 14.9 Å². The number of allylic oxidation sites excluding steroid dienone is 4. The first kappa shape index (κ1) is 62.5. The highest BCUT2D eigenvalue weighted by Gasteiger charge is 1.71. The van der Waals surface area contributed by atoms with Gasteiger partial charge in [0.1, 0.15) is 0 Å². The summed E-state index contributed by atoms with van der Waals surface area (Å²) in [7, 11) is 12.9. The maximum Gasteiger partial charge on any atom is 0.0958 e. The van der Waals surface area contributed by atoms with Crippen LogP contribution in [0.15, 0.2) is 37.5 Å². The number of nitrogens with one attached hydrogen (secondary N) is 6. The lowest BCUT2D eigenvalue weighted by Crippen LogP contribution is -2.21. The zero-order chi connectivity index (χ0) is 33.6. The van der Waals surface area contributed by atoms with Crippen molar-refractivity contribution in [3.05, 3.63) is 37.5 Å². The van der Waals surface area contributed by atoms with Crippen molar-refractivity contribution in [2.75, 3.05) is 95.6 Å². The van der Waals surface area contributed by atoms with E-state index in [4.69, 9.17) is 10.2 Å². The molecule has 0 aromatic carbocycles. The predicted molar refractivity (Wildman–Crippen MR) is 188 cm³/mol. The molecule has 0 aromatic heterocycles. The zero-order valence-electron chi connectivity index (χ0n) is 29.8. The molecule has 9 nitrogen and oxygen atoms in total. The van der Waals surface area contributed by atoms with Gasteiger partial charge in [0.15, 0.2) is 0 Å². The molecule has 0 saturated carbocycles. The van der Waals surface area contributed by atoms with E-state index in [9.17, 15) is 0 Å². The molecule has 0 fully saturated rings. The Morgan fingerprint density at radius 3 is 0.925 bits per heavy atom. The molecular weight excluding hydrogens is 504 g/mol. The van der Waals surface area contributed by atoms with Gasteiger partial charge in [0.05, 0.1) is 13.5 Å². The van der Waals surface area contributed by atoms with Crippen molar-refractivity contribution in [3.8, 4) is 0 Å². The van der Waals surface area contributed by atoms with E-state index < -0.39 is 0 Å². The molecule has 0 atom stereocenters. The first-order valence-electron chi connectivity index (χ1n) is 14.6. The lowest BCUT2D eigenvalue weighted by atomic mass is 10.4. The minimum atomic E-state index is 0.0694. The van der Waals surface area contributed by atoms with Crippen molar-refractivity contribution in [3.63, 3.8) is 0 Å². The molecule has 0 aliphatic carbocycles. The van der Waals surface area contributed by atoms with E-state index in [-0.39, 0.29) is 6.73 Å². The van der Waals surface area contributed by atoms with Gasteiger partial charge in [-0.05, 0) is 82.1 Å². The van der Waals surface area contributed by atoms with E-state index >= 15 is 0 Å². The van der Waals surface area contributed by atoms with Crippen molar-refractivity contribution in [2.24, 2.45) is 0 Å². The fourth-order valence-electron chi connectivity index (χ4n) is 0.644. The Bertz CT molecular complexity index is 265. The van der Waals surface area contributed by atoms with Gasteiger partial charge in [-0.3, -0.25) is 10.6 Å². The fourth-order valence-corrected chi connectivity index (χ4v) is 0.644. The quantitative estimate of drug-likeness (QED) is 0.0731. The van der Waals surface area contributed by atoms with E-state index in [0.717, 1.165) is 32.6 Å². The van der Waals surface area contributed by atoms with Crippen LogP contribution in [0.4, 0.5) is 0 Å². The highest BCUT2D eigenvalue weighted by atomic mass is 16.5. The van der Waals surface area contributed by atoms with E-state index in [1.807, 2.05) is 68.2 Å². The minimum absolute atomic E-state index is 0.0694. The van der Waals surface area contributed by atoms with Gasteiger partial charge < -0.3 is 36.2 Å². The Hall–Kier alpha value is -1.14. The van der Waals surface area contributed by atoms with Crippen molar-refractivity contribution in [1.82, 2.24) is 31.9 Å². The van der Waals surface area contributed by atoms with Crippen LogP contribution in [-0.2, 0) is 4.74 Å². The number of unbranched alkanes of at least 4 members (excludes halogenated alkanes) is 1. The van der Waals surface area contributed by atoms with E-state index in [2.05, 4.69) is 77.5 Å². The van der Waals surface area contributed by atoms with Gasteiger partial charge in [-0.1, -0.05) is 84.9 Å². The molecule has 8 N–H and O–H groups in total. The van der Waals surface area contributed by atoms with Crippen LogP contribution in [0.5, 0.6) is 0 Å². The molecule has 40 heavy (non-hydrogen) atoms. The van der Waals surface area contributed by atoms with Crippen LogP contribution < -0.4 is 31.9 Å². The first-order valence-corrected chi connectivity index (χ1v) is 14.6. The molecule has 0 unspecified atom stereocenters. The summed E-state index contributed by atoms with van der Waals surface area (Å²) in [6.45, 7) is 26.6. The van der Waals surface area contributed by atoms with Crippen LogP contribution in [-0.4, -0.2) is 106 Å². The molecule has 0 heterocycles. The van der Waals surface area contributed by atoms with Crippen LogP contribution in [0.25, 0.3) is 0 Å². The molecule has 0 aliphatic rings. The van der Waals surface area contributed by atoms with E-state index in [1.165, 1.54) is 19.3 Å². The highest BCUT2D eigenvalue weighted by molar-refractivity contribution is 4.88. The van der Waals surface area contributed by atoms with Crippen molar-refractivity contribution in [1.29, 1.82) is 0 Å². The number of hydrogen-bond acceptors (Lipinski definition) is 9. The first-order chi connectivity index (χ1) is 19.2. The molecule has 0 saturated heterocycles. The Morgan fingerprint density at radius 2 is 0.900 bits per heavy atom. The number of ether oxygens (including phenoxy) is 1. The fraction of sp³-hybridized carbons (Fsp3) is 0.806. The molecule has 0 bridgehead atoms. The molecular formula is C31H80N6O3. The maximum absolute atomic E-state index is 7.88. The topological polar surface area (TPSA) is 122 Å². The standard InChI is InChI=1S/C4H12N2.C4H11N.C4H10.C4H8.C4H6.C3H9NO.C3H9N.C3H8O.C2H7NO/c1-5-3-4-6-2;1-3-4-5-2;3*1-3-4-2;1-4-3-5-2;1-3-4-2;1-2-3-4;1-3-2-4/h5-6H,3-4H2,1-2H3;5H,3-4H2,1-2H3;3-4H2,1-2H3;3-4H,1-2H3;3-4H,1-2H2;4H,3H2,1-2H3;4H,3H2,1-2H3;4H,2-3H2,1H3;3-4H,2H2,1H3. The molecule has 0 aromatic rings. The number of likely N-dealkylation sites (N-methyl/N-ethyl adjacent to an activating group) is 2. The summed E-state index contributed by atoms with van der Waals surface area (Å²) in [5.74, 6) is 0. The summed E-state index contributed by atoms with van der Waals surface area (Å²) in [6, 6.07) is 0. The zero-order valence-corrected chi connectivity index (χ0v) is 29.8. The third-order valence-electron chi connectivity index (χ3n) is 3.15. The molecule has 252 valence electrons. The highest BCUT2D eigenvalue weighted by Crippen LogP contribution is 1.76. The summed E-state index contributed by atoms with van der Waals surface area (Å²) in [5.41, 5.74) is 0. The number of aliphatic hydroxyl groups excluding tert-OH is 2. The Labute approximate surface area is 254 Å². The van der Waals surface area contributed by atoms with Crippen LogP contribution in [0.1, 0.15) is 74.1 Å². The van der Waals surface area contributed by atoms with Gasteiger partial charge in [0.25, 0.3) is 0 Å². The second-order valence-corrected chi connectivity index (χ2v) is 7.18. The Balaban J connectivity index is -0.0000000388. The summed E-state index contributed by atoms with van der Waals surface area (Å²) in [4.78, 5) is 0. The second kappa shape index (κ2) is 118. The lowest BCUT2D eigenvalue weighted by molar-refractivity contribution is 0.183. The van der Waals surface area contributed by atoms with Gasteiger partial charge in [-0.15, -0.1) is 0 Å². The van der Waals surface area contributed by atoms with Crippen LogP contribution in [0.2, 0.25) is 0 Å². The summed E-state index contributed by atoms with van der Waals surface area (Å²) >= 11 is 0. The summed E-state index contributed by atoms with van der Waals surface area (Å²) in [5, 5.41) is 32.9. The smallest absolute Gasteiger partial charge is 0.0958 e. The third kappa shape index (κ3) is 337. The number of methoxy groups -OCH3 is 1. The second-order valence-electron chi connectivity index (χ2n) is 7.18. The largest absolute Gasteiger partial charge is 0.396 e. The minimum Gasteiger partial charge on any atom is -0.396 e. The number of rotatable bonds is 12. The number of hydrogen-bond donors (Lipinski definition) is 8. The third-order valence-corrected chi connectivity index (χ3v) is 3.15. The SMILES string of the molecule is C=CC=C.CC=CC.CCCC.CCCNC.CCCO.CCNC.CNCCNC.CNCO.CNCOC. The van der Waals surface area contributed by atoms with Gasteiger partial charge >= 0.3 is 0 Å². The summed E-state index contributed by atoms with van der Waals surface area (Å²) < 4.78 is 4.58. The van der Waals surface area contributed by atoms with Gasteiger partial charge in [-0.25, -0.2) is 0 Å². The average molecular weight is 585 g/mol. The van der Waals surface area contributed by atoms with Crippen molar-refractivity contribution >= 4 is 0 Å².